The molecule has 0 saturated carbocycles. The average molecular weight is 458 g/mol. The standard InChI is InChI=1S/C17H26N6O.HI/c1-4-18-17(20-10-15-12(2)22-24-13(15)3)19-9-14-11-23-8-6-5-7-16(23)21-14;/h11H,4-10H2,1-3H3,(H2,18,19,20);1H. The van der Waals surface area contributed by atoms with Crippen molar-refractivity contribution in [3.63, 3.8) is 0 Å². The summed E-state index contributed by atoms with van der Waals surface area (Å²) in [4.78, 5) is 9.35. The minimum Gasteiger partial charge on any atom is -0.361 e. The Morgan fingerprint density at radius 1 is 1.32 bits per heavy atom. The lowest BCUT2D eigenvalue weighted by atomic mass is 10.2. The fourth-order valence-electron chi connectivity index (χ4n) is 2.96. The number of aromatic nitrogens is 3. The highest BCUT2D eigenvalue weighted by atomic mass is 127. The van der Waals surface area contributed by atoms with E-state index in [1.807, 2.05) is 13.8 Å². The van der Waals surface area contributed by atoms with Crippen molar-refractivity contribution in [1.29, 1.82) is 0 Å². The molecule has 7 nitrogen and oxygen atoms in total. The minimum absolute atomic E-state index is 0. The van der Waals surface area contributed by atoms with Gasteiger partial charge in [0.25, 0.3) is 0 Å². The van der Waals surface area contributed by atoms with E-state index in [2.05, 4.69) is 38.5 Å². The first-order valence-electron chi connectivity index (χ1n) is 8.66. The predicted molar refractivity (Wildman–Crippen MR) is 108 cm³/mol. The van der Waals surface area contributed by atoms with Gasteiger partial charge in [0.15, 0.2) is 5.96 Å². The normalized spacial score (nSPS) is 14.0. The number of nitrogens with zero attached hydrogens (tertiary/aromatic N) is 4. The number of rotatable bonds is 5. The summed E-state index contributed by atoms with van der Waals surface area (Å²) in [7, 11) is 0. The first-order valence-corrected chi connectivity index (χ1v) is 8.66. The molecule has 0 atom stereocenters. The molecule has 1 aliphatic rings. The second kappa shape index (κ2) is 9.21. The lowest BCUT2D eigenvalue weighted by Crippen LogP contribution is -2.36. The lowest BCUT2D eigenvalue weighted by molar-refractivity contribution is 0.392. The molecule has 0 aliphatic carbocycles. The molecule has 0 radical (unpaired) electrons. The van der Waals surface area contributed by atoms with Crippen molar-refractivity contribution in [3.8, 4) is 0 Å². The van der Waals surface area contributed by atoms with Gasteiger partial charge in [-0.25, -0.2) is 9.98 Å². The minimum atomic E-state index is 0. The summed E-state index contributed by atoms with van der Waals surface area (Å²) in [5.74, 6) is 2.81. The van der Waals surface area contributed by atoms with E-state index in [-0.39, 0.29) is 24.0 Å². The van der Waals surface area contributed by atoms with Gasteiger partial charge in [0.1, 0.15) is 11.6 Å². The molecule has 3 rings (SSSR count). The zero-order chi connectivity index (χ0) is 16.9. The largest absolute Gasteiger partial charge is 0.361 e. The van der Waals surface area contributed by atoms with Crippen LogP contribution in [0.3, 0.4) is 0 Å². The molecule has 8 heteroatoms. The zero-order valence-corrected chi connectivity index (χ0v) is 17.5. The number of nitrogens with one attached hydrogen (secondary N) is 2. The summed E-state index contributed by atoms with van der Waals surface area (Å²) in [6, 6.07) is 0. The fraction of sp³-hybridized carbons (Fsp3) is 0.588. The number of aryl methyl sites for hydroxylation is 4. The molecule has 0 spiro atoms. The Balaban J connectivity index is 0.00000225. The average Bonchev–Trinajstić information content (AvgIpc) is 3.13. The molecule has 2 aromatic heterocycles. The van der Waals surface area contributed by atoms with Gasteiger partial charge in [-0.15, -0.1) is 24.0 Å². The van der Waals surface area contributed by atoms with Crippen LogP contribution in [0.25, 0.3) is 0 Å². The molecular formula is C17H27IN6O. The Bertz CT molecular complexity index is 678. The Hall–Kier alpha value is -1.58. The third-order valence-corrected chi connectivity index (χ3v) is 4.32. The number of aliphatic imine (C=N–C) groups is 1. The number of fused-ring (bicyclic) bond motifs is 1. The number of guanidine groups is 1. The van der Waals surface area contributed by atoms with Crippen LogP contribution in [0.4, 0.5) is 0 Å². The Kier molecular flexibility index (Phi) is 7.27. The van der Waals surface area contributed by atoms with Crippen LogP contribution in [0.1, 0.15) is 48.3 Å². The second-order valence-corrected chi connectivity index (χ2v) is 6.15. The van der Waals surface area contributed by atoms with Crippen molar-refractivity contribution in [2.45, 2.75) is 59.7 Å². The number of hydrogen-bond donors (Lipinski definition) is 2. The Morgan fingerprint density at radius 2 is 2.16 bits per heavy atom. The van der Waals surface area contributed by atoms with E-state index in [1.165, 1.54) is 18.7 Å². The molecule has 3 heterocycles. The topological polar surface area (TPSA) is 80.3 Å². The maximum atomic E-state index is 5.19. The number of hydrogen-bond acceptors (Lipinski definition) is 4. The SMILES string of the molecule is CCNC(=NCc1c(C)noc1C)NCc1cn2c(n1)CCCC2.I. The monoisotopic (exact) mass is 458 g/mol. The molecule has 0 unspecified atom stereocenters. The first-order chi connectivity index (χ1) is 11.7. The third-order valence-electron chi connectivity index (χ3n) is 4.32. The molecular weight excluding hydrogens is 431 g/mol. The highest BCUT2D eigenvalue weighted by Crippen LogP contribution is 2.15. The van der Waals surface area contributed by atoms with E-state index in [0.717, 1.165) is 48.2 Å². The van der Waals surface area contributed by atoms with Gasteiger partial charge in [-0.1, -0.05) is 5.16 Å². The van der Waals surface area contributed by atoms with Gasteiger partial charge in [0, 0.05) is 31.3 Å². The summed E-state index contributed by atoms with van der Waals surface area (Å²) >= 11 is 0. The predicted octanol–water partition coefficient (Wildman–Crippen LogP) is 2.70. The molecule has 25 heavy (non-hydrogen) atoms. The van der Waals surface area contributed by atoms with Crippen LogP contribution < -0.4 is 10.6 Å². The smallest absolute Gasteiger partial charge is 0.191 e. The molecule has 0 bridgehead atoms. The quantitative estimate of drug-likeness (QED) is 0.409. The first kappa shape index (κ1) is 19.7. The van der Waals surface area contributed by atoms with Crippen molar-refractivity contribution in [3.05, 3.63) is 34.7 Å². The maximum Gasteiger partial charge on any atom is 0.191 e. The zero-order valence-electron chi connectivity index (χ0n) is 15.1. The Labute approximate surface area is 165 Å². The molecule has 2 N–H and O–H groups in total. The lowest BCUT2D eigenvalue weighted by Gasteiger charge is -2.11. The molecule has 0 fully saturated rings. The van der Waals surface area contributed by atoms with Crippen LogP contribution in [0.15, 0.2) is 15.7 Å². The second-order valence-electron chi connectivity index (χ2n) is 6.15. The van der Waals surface area contributed by atoms with Crippen LogP contribution in [-0.4, -0.2) is 27.2 Å². The highest BCUT2D eigenvalue weighted by molar-refractivity contribution is 14.0. The van der Waals surface area contributed by atoms with Crippen LogP contribution in [0.2, 0.25) is 0 Å². The van der Waals surface area contributed by atoms with Gasteiger partial charge in [-0.05, 0) is 33.6 Å². The van der Waals surface area contributed by atoms with Crippen molar-refractivity contribution >= 4 is 29.9 Å². The van der Waals surface area contributed by atoms with Crippen molar-refractivity contribution in [2.75, 3.05) is 6.54 Å². The van der Waals surface area contributed by atoms with Crippen molar-refractivity contribution in [1.82, 2.24) is 25.3 Å². The summed E-state index contributed by atoms with van der Waals surface area (Å²) < 4.78 is 7.46. The summed E-state index contributed by atoms with van der Waals surface area (Å²) in [6.07, 6.45) is 5.72. The van der Waals surface area contributed by atoms with Crippen molar-refractivity contribution < 1.29 is 4.52 Å². The van der Waals surface area contributed by atoms with Gasteiger partial charge < -0.3 is 19.7 Å². The van der Waals surface area contributed by atoms with Crippen LogP contribution >= 0.6 is 24.0 Å². The number of halogens is 1. The maximum absolute atomic E-state index is 5.19. The van der Waals surface area contributed by atoms with E-state index in [1.54, 1.807) is 0 Å². The van der Waals surface area contributed by atoms with Gasteiger partial charge in [0.2, 0.25) is 0 Å². The summed E-state index contributed by atoms with van der Waals surface area (Å²) in [5.41, 5.74) is 3.01. The molecule has 0 aromatic carbocycles. The van der Waals surface area contributed by atoms with Crippen molar-refractivity contribution in [2.24, 2.45) is 4.99 Å². The molecule has 138 valence electrons. The van der Waals surface area contributed by atoms with Crippen LogP contribution in [-0.2, 0) is 26.1 Å². The van der Waals surface area contributed by atoms with Gasteiger partial charge >= 0.3 is 0 Å². The molecule has 2 aromatic rings. The molecule has 1 aliphatic heterocycles. The van der Waals surface area contributed by atoms with Crippen LogP contribution in [0.5, 0.6) is 0 Å². The van der Waals surface area contributed by atoms with Gasteiger partial charge in [0.05, 0.1) is 24.5 Å². The third kappa shape index (κ3) is 4.96. The Morgan fingerprint density at radius 3 is 2.84 bits per heavy atom. The molecule has 0 amide bonds. The van der Waals surface area contributed by atoms with E-state index in [9.17, 15) is 0 Å². The van der Waals surface area contributed by atoms with Crippen LogP contribution in [0, 0.1) is 13.8 Å². The van der Waals surface area contributed by atoms with E-state index >= 15 is 0 Å². The van der Waals surface area contributed by atoms with E-state index in [4.69, 9.17) is 9.51 Å². The molecule has 0 saturated heterocycles. The summed E-state index contributed by atoms with van der Waals surface area (Å²) in [6.45, 7) is 9.04. The van der Waals surface area contributed by atoms with Gasteiger partial charge in [-0.2, -0.15) is 0 Å². The number of imidazole rings is 1. The van der Waals surface area contributed by atoms with Gasteiger partial charge in [-0.3, -0.25) is 0 Å². The van der Waals surface area contributed by atoms with E-state index in [0.29, 0.717) is 13.1 Å². The fourth-order valence-corrected chi connectivity index (χ4v) is 2.96. The van der Waals surface area contributed by atoms with E-state index < -0.39 is 0 Å². The highest BCUT2D eigenvalue weighted by Gasteiger charge is 2.12. The summed E-state index contributed by atoms with van der Waals surface area (Å²) in [5, 5.41) is 10.6.